The van der Waals surface area contributed by atoms with Gasteiger partial charge in [0.1, 0.15) is 5.82 Å². The lowest BCUT2D eigenvalue weighted by atomic mass is 9.97. The summed E-state index contributed by atoms with van der Waals surface area (Å²) in [6, 6.07) is 12.0. The molecule has 0 atom stereocenters. The smallest absolute Gasteiger partial charge is 0.196 e. The van der Waals surface area contributed by atoms with Gasteiger partial charge in [0.15, 0.2) is 5.78 Å². The monoisotopic (exact) mass is 228 g/mol. The van der Waals surface area contributed by atoms with Crippen molar-refractivity contribution in [2.45, 2.75) is 13.8 Å². The molecule has 0 heterocycles. The predicted molar refractivity (Wildman–Crippen MR) is 65.7 cm³/mol. The van der Waals surface area contributed by atoms with Gasteiger partial charge in [-0.05, 0) is 31.0 Å². The van der Waals surface area contributed by atoms with Crippen LogP contribution in [0.1, 0.15) is 27.0 Å². The molecule has 17 heavy (non-hydrogen) atoms. The molecule has 0 aliphatic heterocycles. The fourth-order valence-corrected chi connectivity index (χ4v) is 1.94. The third kappa shape index (κ3) is 2.26. The van der Waals surface area contributed by atoms with E-state index in [1.54, 1.807) is 31.2 Å². The number of ketones is 1. The summed E-state index contributed by atoms with van der Waals surface area (Å²) < 4.78 is 13.8. The molecule has 2 aromatic carbocycles. The Labute approximate surface area is 99.9 Å². The molecule has 0 saturated carbocycles. The van der Waals surface area contributed by atoms with Crippen molar-refractivity contribution in [3.05, 3.63) is 70.5 Å². The summed E-state index contributed by atoms with van der Waals surface area (Å²) in [4.78, 5) is 12.2. The molecule has 0 unspecified atom stereocenters. The fourth-order valence-electron chi connectivity index (χ4n) is 1.94. The minimum Gasteiger partial charge on any atom is -0.288 e. The molecule has 0 radical (unpaired) electrons. The normalized spacial score (nSPS) is 10.3. The van der Waals surface area contributed by atoms with Crippen LogP contribution < -0.4 is 0 Å². The zero-order valence-corrected chi connectivity index (χ0v) is 9.83. The number of benzene rings is 2. The van der Waals surface area contributed by atoms with Crippen molar-refractivity contribution in [2.75, 3.05) is 0 Å². The predicted octanol–water partition coefficient (Wildman–Crippen LogP) is 3.67. The molecular weight excluding hydrogens is 215 g/mol. The van der Waals surface area contributed by atoms with Crippen LogP contribution in [0.25, 0.3) is 0 Å². The Balaban J connectivity index is 2.52. The number of hydrogen-bond acceptors (Lipinski definition) is 1. The first-order chi connectivity index (χ1) is 8.09. The summed E-state index contributed by atoms with van der Waals surface area (Å²) in [5.41, 5.74) is 2.18. The minimum absolute atomic E-state index is 0.168. The second-order valence-corrected chi connectivity index (χ2v) is 4.13. The second kappa shape index (κ2) is 4.50. The van der Waals surface area contributed by atoms with Crippen LogP contribution in [0.15, 0.2) is 42.5 Å². The van der Waals surface area contributed by atoms with Crippen LogP contribution in [-0.4, -0.2) is 5.78 Å². The summed E-state index contributed by atoms with van der Waals surface area (Å²) in [6.45, 7) is 3.57. The topological polar surface area (TPSA) is 17.1 Å². The van der Waals surface area contributed by atoms with Gasteiger partial charge >= 0.3 is 0 Å². The zero-order valence-electron chi connectivity index (χ0n) is 9.83. The number of halogens is 1. The fraction of sp³-hybridized carbons (Fsp3) is 0.133. The van der Waals surface area contributed by atoms with Crippen molar-refractivity contribution in [2.24, 2.45) is 0 Å². The molecule has 0 amide bonds. The van der Waals surface area contributed by atoms with Crippen molar-refractivity contribution in [3.8, 4) is 0 Å². The van der Waals surface area contributed by atoms with Gasteiger partial charge in [0.05, 0.1) is 5.56 Å². The SMILES string of the molecule is Cc1cc(C)c(C(=O)c2ccccc2)c(F)c1. The lowest BCUT2D eigenvalue weighted by Crippen LogP contribution is -2.07. The molecule has 1 nitrogen and oxygen atoms in total. The molecule has 0 aliphatic rings. The molecular formula is C15H13FO. The van der Waals surface area contributed by atoms with Crippen LogP contribution >= 0.6 is 0 Å². The second-order valence-electron chi connectivity index (χ2n) is 4.13. The summed E-state index contributed by atoms with van der Waals surface area (Å²) in [7, 11) is 0. The van der Waals surface area contributed by atoms with E-state index in [-0.39, 0.29) is 11.3 Å². The van der Waals surface area contributed by atoms with Gasteiger partial charge in [-0.2, -0.15) is 0 Å². The summed E-state index contributed by atoms with van der Waals surface area (Å²) >= 11 is 0. The van der Waals surface area contributed by atoms with E-state index in [1.807, 2.05) is 19.1 Å². The summed E-state index contributed by atoms with van der Waals surface area (Å²) in [6.07, 6.45) is 0. The Morgan fingerprint density at radius 2 is 1.71 bits per heavy atom. The third-order valence-corrected chi connectivity index (χ3v) is 2.69. The van der Waals surface area contributed by atoms with Crippen LogP contribution in [0.2, 0.25) is 0 Å². The van der Waals surface area contributed by atoms with Gasteiger partial charge in [-0.1, -0.05) is 36.4 Å². The molecule has 0 aliphatic carbocycles. The van der Waals surface area contributed by atoms with E-state index in [9.17, 15) is 9.18 Å². The van der Waals surface area contributed by atoms with Gasteiger partial charge in [-0.3, -0.25) is 4.79 Å². The van der Waals surface area contributed by atoms with Crippen LogP contribution in [0.5, 0.6) is 0 Å². The van der Waals surface area contributed by atoms with Crippen LogP contribution in [-0.2, 0) is 0 Å². The maximum atomic E-state index is 13.8. The van der Waals surface area contributed by atoms with Gasteiger partial charge in [0.2, 0.25) is 0 Å². The van der Waals surface area contributed by atoms with Crippen molar-refractivity contribution in [1.29, 1.82) is 0 Å². The highest BCUT2D eigenvalue weighted by Crippen LogP contribution is 2.19. The lowest BCUT2D eigenvalue weighted by Gasteiger charge is -2.07. The van der Waals surface area contributed by atoms with Crippen molar-refractivity contribution < 1.29 is 9.18 Å². The maximum Gasteiger partial charge on any atom is 0.196 e. The Bertz CT molecular complexity index is 535. The molecule has 2 rings (SSSR count). The first-order valence-electron chi connectivity index (χ1n) is 5.46. The highest BCUT2D eigenvalue weighted by Gasteiger charge is 2.16. The average molecular weight is 228 g/mol. The molecule has 0 N–H and O–H groups in total. The highest BCUT2D eigenvalue weighted by atomic mass is 19.1. The number of aryl methyl sites for hydroxylation is 2. The van der Waals surface area contributed by atoms with Gasteiger partial charge in [-0.25, -0.2) is 4.39 Å². The largest absolute Gasteiger partial charge is 0.288 e. The number of rotatable bonds is 2. The molecule has 0 fully saturated rings. The Morgan fingerprint density at radius 3 is 2.29 bits per heavy atom. The molecule has 0 spiro atoms. The maximum absolute atomic E-state index is 13.8. The Morgan fingerprint density at radius 1 is 1.06 bits per heavy atom. The van der Waals surface area contributed by atoms with Crippen molar-refractivity contribution in [3.63, 3.8) is 0 Å². The van der Waals surface area contributed by atoms with Crippen molar-refractivity contribution in [1.82, 2.24) is 0 Å². The van der Waals surface area contributed by atoms with Gasteiger partial charge in [0, 0.05) is 5.56 Å². The average Bonchev–Trinajstić information content (AvgIpc) is 2.28. The zero-order chi connectivity index (χ0) is 12.4. The molecule has 0 aromatic heterocycles. The Kier molecular flexibility index (Phi) is 3.05. The van der Waals surface area contributed by atoms with E-state index >= 15 is 0 Å². The van der Waals surface area contributed by atoms with E-state index < -0.39 is 5.82 Å². The van der Waals surface area contributed by atoms with E-state index in [4.69, 9.17) is 0 Å². The lowest BCUT2D eigenvalue weighted by molar-refractivity contribution is 0.103. The quantitative estimate of drug-likeness (QED) is 0.717. The standard InChI is InChI=1S/C15H13FO/c1-10-8-11(2)14(13(16)9-10)15(17)12-6-4-3-5-7-12/h3-9H,1-2H3. The molecule has 2 heteroatoms. The molecule has 2 aromatic rings. The van der Waals surface area contributed by atoms with Crippen molar-refractivity contribution >= 4 is 5.78 Å². The van der Waals surface area contributed by atoms with Gasteiger partial charge in [-0.15, -0.1) is 0 Å². The minimum atomic E-state index is -0.448. The number of hydrogen-bond donors (Lipinski definition) is 0. The van der Waals surface area contributed by atoms with E-state index in [2.05, 4.69) is 0 Å². The highest BCUT2D eigenvalue weighted by molar-refractivity contribution is 6.10. The van der Waals surface area contributed by atoms with Crippen LogP contribution in [0.3, 0.4) is 0 Å². The number of carbonyl (C=O) groups excluding carboxylic acids is 1. The van der Waals surface area contributed by atoms with E-state index in [0.717, 1.165) is 5.56 Å². The first-order valence-corrected chi connectivity index (χ1v) is 5.46. The molecule has 86 valence electrons. The van der Waals surface area contributed by atoms with Gasteiger partial charge < -0.3 is 0 Å². The van der Waals surface area contributed by atoms with E-state index in [0.29, 0.717) is 11.1 Å². The molecule has 0 bridgehead atoms. The van der Waals surface area contributed by atoms with Crippen LogP contribution in [0.4, 0.5) is 4.39 Å². The van der Waals surface area contributed by atoms with Gasteiger partial charge in [0.25, 0.3) is 0 Å². The van der Waals surface area contributed by atoms with E-state index in [1.165, 1.54) is 6.07 Å². The number of carbonyl (C=O) groups is 1. The molecule has 0 saturated heterocycles. The Hall–Kier alpha value is -1.96. The summed E-state index contributed by atoms with van der Waals surface area (Å²) in [5, 5.41) is 0. The first kappa shape index (κ1) is 11.5. The third-order valence-electron chi connectivity index (χ3n) is 2.69. The summed E-state index contributed by atoms with van der Waals surface area (Å²) in [5.74, 6) is -0.711. The van der Waals surface area contributed by atoms with Crippen LogP contribution in [0, 0.1) is 19.7 Å².